The van der Waals surface area contributed by atoms with Crippen molar-refractivity contribution in [2.45, 2.75) is 125 Å². The lowest BCUT2D eigenvalue weighted by molar-refractivity contribution is -0.149. The summed E-state index contributed by atoms with van der Waals surface area (Å²) in [5.74, 6) is -3.88. The van der Waals surface area contributed by atoms with Gasteiger partial charge in [-0.15, -0.1) is 11.3 Å². The number of halogens is 2. The Balaban J connectivity index is 0.950. The minimum absolute atomic E-state index is 0.00363. The molecule has 4 aliphatic heterocycles. The van der Waals surface area contributed by atoms with Gasteiger partial charge in [-0.3, -0.25) is 28.6 Å². The minimum Gasteiger partial charge on any atom is -0.465 e. The lowest BCUT2D eigenvalue weighted by Gasteiger charge is -2.44. The second kappa shape index (κ2) is 19.1. The Morgan fingerprint density at radius 1 is 1.00 bits per heavy atom. The molecule has 0 radical (unpaired) electrons. The Morgan fingerprint density at radius 3 is 2.50 bits per heavy atom. The van der Waals surface area contributed by atoms with Crippen LogP contribution in [0, 0.1) is 5.82 Å². The van der Waals surface area contributed by atoms with E-state index >= 15 is 4.39 Å². The SMILES string of the molecule is CCCOC(=O)[C@H](C)NP(=O)(Oc1ccccc1)[C@@H](F)c1ccc2sc(C(=O)N[C@H]3CC[C@H](N(C)C4COC4)C[C@H]4CC[C@@H](C(=O)N5C[C@H](c6cccc(F)c6)CC56CC6)N4C3=O)cc2c1. The molecule has 1 aromatic heterocycles. The number of likely N-dealkylation sites (tertiary alicyclic amines) is 1. The molecule has 2 N–H and O–H groups in total. The van der Waals surface area contributed by atoms with Gasteiger partial charge >= 0.3 is 13.5 Å². The number of likely N-dealkylation sites (N-methyl/N-ethyl adjacent to an activating group) is 1. The topological polar surface area (TPSA) is 147 Å². The van der Waals surface area contributed by atoms with E-state index in [4.69, 9.17) is 14.0 Å². The number of carbonyl (C=O) groups is 4. The van der Waals surface area contributed by atoms with E-state index in [1.54, 1.807) is 59.5 Å². The van der Waals surface area contributed by atoms with E-state index in [0.717, 1.165) is 24.8 Å². The largest absolute Gasteiger partial charge is 0.465 e. The quantitative estimate of drug-likeness (QED) is 0.0886. The van der Waals surface area contributed by atoms with Gasteiger partial charge in [-0.25, -0.2) is 13.9 Å². The Labute approximate surface area is 388 Å². The predicted molar refractivity (Wildman–Crippen MR) is 247 cm³/mol. The summed E-state index contributed by atoms with van der Waals surface area (Å²) >= 11 is 1.18. The summed E-state index contributed by atoms with van der Waals surface area (Å²) in [6.45, 7) is 5.15. The van der Waals surface area contributed by atoms with E-state index in [1.807, 2.05) is 17.9 Å². The molecule has 4 saturated heterocycles. The molecular weight excluding hydrogens is 888 g/mol. The van der Waals surface area contributed by atoms with Crippen LogP contribution in [-0.4, -0.2) is 114 Å². The zero-order valence-electron chi connectivity index (χ0n) is 37.5. The number of benzene rings is 3. The van der Waals surface area contributed by atoms with Crippen molar-refractivity contribution >= 4 is 52.6 Å². The normalized spacial score (nSPS) is 25.7. The molecule has 8 atom stereocenters. The van der Waals surface area contributed by atoms with Crippen LogP contribution in [0.4, 0.5) is 8.78 Å². The molecule has 0 bridgehead atoms. The second-order valence-corrected chi connectivity index (χ2v) is 21.9. The fourth-order valence-corrected chi connectivity index (χ4v) is 13.2. The zero-order chi connectivity index (χ0) is 46.3. The maximum Gasteiger partial charge on any atom is 0.355 e. The van der Waals surface area contributed by atoms with Gasteiger partial charge in [0.1, 0.15) is 29.7 Å². The van der Waals surface area contributed by atoms with E-state index in [0.29, 0.717) is 73.2 Å². The van der Waals surface area contributed by atoms with Crippen molar-refractivity contribution in [3.63, 3.8) is 0 Å². The number of fused-ring (bicyclic) bond motifs is 2. The molecule has 1 unspecified atom stereocenters. The molecule has 352 valence electrons. The lowest BCUT2D eigenvalue weighted by atomic mass is 9.92. The number of hydrogen-bond acceptors (Lipinski definition) is 10. The minimum atomic E-state index is -4.48. The highest BCUT2D eigenvalue weighted by Gasteiger charge is 2.59. The number of nitrogens with zero attached hydrogens (tertiary/aromatic N) is 3. The van der Waals surface area contributed by atoms with Crippen molar-refractivity contribution in [2.75, 3.05) is 33.4 Å². The van der Waals surface area contributed by atoms with Gasteiger partial charge in [0.15, 0.2) is 0 Å². The molecule has 1 spiro atoms. The summed E-state index contributed by atoms with van der Waals surface area (Å²) < 4.78 is 62.7. The van der Waals surface area contributed by atoms with Gasteiger partial charge in [-0.1, -0.05) is 43.3 Å². The third-order valence-corrected chi connectivity index (χ3v) is 17.5. The number of ether oxygens (including phenoxy) is 2. The number of amides is 3. The van der Waals surface area contributed by atoms with Gasteiger partial charge in [0.25, 0.3) is 5.91 Å². The van der Waals surface area contributed by atoms with Crippen LogP contribution >= 0.6 is 18.9 Å². The van der Waals surface area contributed by atoms with Crippen LogP contribution in [0.3, 0.4) is 0 Å². The Hall–Kier alpha value is -4.73. The van der Waals surface area contributed by atoms with Crippen molar-refractivity contribution in [2.24, 2.45) is 0 Å². The number of rotatable bonds is 15. The number of alkyl halides is 1. The van der Waals surface area contributed by atoms with E-state index in [9.17, 15) is 28.1 Å². The van der Waals surface area contributed by atoms with Crippen LogP contribution in [0.25, 0.3) is 10.1 Å². The van der Waals surface area contributed by atoms with Crippen molar-refractivity contribution in [3.8, 4) is 5.75 Å². The maximum atomic E-state index is 16.7. The van der Waals surface area contributed by atoms with Crippen molar-refractivity contribution in [1.82, 2.24) is 25.1 Å². The molecule has 9 rings (SSSR count). The van der Waals surface area contributed by atoms with Gasteiger partial charge in [-0.05, 0) is 131 Å². The van der Waals surface area contributed by atoms with Crippen molar-refractivity contribution < 1.29 is 46.5 Å². The Morgan fingerprint density at radius 2 is 1.79 bits per heavy atom. The van der Waals surface area contributed by atoms with Gasteiger partial charge < -0.3 is 29.1 Å². The molecule has 1 saturated carbocycles. The number of hydrogen-bond donors (Lipinski definition) is 2. The molecule has 13 nitrogen and oxygen atoms in total. The first-order valence-corrected chi connectivity index (χ1v) is 25.7. The number of para-hydroxylation sites is 1. The van der Waals surface area contributed by atoms with E-state index in [2.05, 4.69) is 22.4 Å². The first-order chi connectivity index (χ1) is 31.8. The molecule has 3 aromatic carbocycles. The average Bonchev–Trinajstić information content (AvgIpc) is 3.56. The molecule has 5 heterocycles. The van der Waals surface area contributed by atoms with E-state index in [-0.39, 0.29) is 65.1 Å². The lowest BCUT2D eigenvalue weighted by Crippen LogP contribution is -2.60. The Kier molecular flexibility index (Phi) is 13.4. The summed E-state index contributed by atoms with van der Waals surface area (Å²) in [5.41, 5.74) is 0.605. The number of nitrogens with one attached hydrogen (secondary N) is 2. The van der Waals surface area contributed by atoms with Gasteiger partial charge in [0.2, 0.25) is 17.7 Å². The first-order valence-electron chi connectivity index (χ1n) is 23.2. The standard InChI is InChI=1S/C49H58F2N5O8PS/c1-4-21-63-48(60)30(2)53-65(61,64-39-11-6-5-7-12-39)44(51)32-13-18-42-33(22-32)24-43(66-42)45(57)52-40-16-14-36(54(3)38-28-62-29-38)25-37-15-17-41(56(37)46(40)58)47(59)55-27-34(26-49(55)19-20-49)31-9-8-10-35(50)23-31/h5-13,18,22-24,30,34,36-38,40-41,44H,4,14-17,19-21,25-29H2,1-3H3,(H,52,57)(H,53,61)/t30-,34+,36-,37+,40-,41-,44+,65?/m0/s1. The van der Waals surface area contributed by atoms with Crippen LogP contribution in [0.1, 0.15) is 104 Å². The van der Waals surface area contributed by atoms with Gasteiger partial charge in [0.05, 0.1) is 30.7 Å². The molecule has 5 fully saturated rings. The molecule has 3 amide bonds. The van der Waals surface area contributed by atoms with Crippen LogP contribution in [0.2, 0.25) is 0 Å². The molecule has 17 heteroatoms. The smallest absolute Gasteiger partial charge is 0.355 e. The van der Waals surface area contributed by atoms with Gasteiger partial charge in [-0.2, -0.15) is 0 Å². The maximum absolute atomic E-state index is 16.7. The fourth-order valence-electron chi connectivity index (χ4n) is 10.4. The van der Waals surface area contributed by atoms with Crippen molar-refractivity contribution in [3.05, 3.63) is 101 Å². The molecule has 5 aliphatic rings. The third-order valence-electron chi connectivity index (χ3n) is 14.3. The summed E-state index contributed by atoms with van der Waals surface area (Å²) in [7, 11) is -2.39. The van der Waals surface area contributed by atoms with Crippen LogP contribution < -0.4 is 14.9 Å². The summed E-state index contributed by atoms with van der Waals surface area (Å²) in [6, 6.07) is 18.4. The van der Waals surface area contributed by atoms with Crippen LogP contribution in [-0.2, 0) is 28.4 Å². The highest BCUT2D eigenvalue weighted by Crippen LogP contribution is 2.58. The molecule has 66 heavy (non-hydrogen) atoms. The molecule has 1 aliphatic carbocycles. The number of carbonyl (C=O) groups excluding carboxylic acids is 4. The zero-order valence-corrected chi connectivity index (χ0v) is 39.2. The highest BCUT2D eigenvalue weighted by molar-refractivity contribution is 7.57. The Bertz CT molecular complexity index is 2510. The number of thiophene rings is 1. The molecular formula is C49H58F2N5O8PS. The van der Waals surface area contributed by atoms with Crippen LogP contribution in [0.5, 0.6) is 5.75 Å². The second-order valence-electron chi connectivity index (χ2n) is 18.7. The van der Waals surface area contributed by atoms with Crippen LogP contribution in [0.15, 0.2) is 78.9 Å². The van der Waals surface area contributed by atoms with E-state index in [1.165, 1.54) is 36.5 Å². The van der Waals surface area contributed by atoms with Gasteiger partial charge in [0, 0.05) is 34.8 Å². The summed E-state index contributed by atoms with van der Waals surface area (Å²) in [4.78, 5) is 63.0. The average molecular weight is 946 g/mol. The first kappa shape index (κ1) is 46.4. The predicted octanol–water partition coefficient (Wildman–Crippen LogP) is 8.10. The van der Waals surface area contributed by atoms with Crippen molar-refractivity contribution in [1.29, 1.82) is 0 Å². The number of esters is 1. The summed E-state index contributed by atoms with van der Waals surface area (Å²) in [6.07, 6.45) is 5.99. The fraction of sp³-hybridized carbons (Fsp3) is 0.510. The summed E-state index contributed by atoms with van der Waals surface area (Å²) in [5, 5.41) is 6.17. The molecule has 4 aromatic rings. The monoisotopic (exact) mass is 945 g/mol. The van der Waals surface area contributed by atoms with E-state index < -0.39 is 43.4 Å². The highest BCUT2D eigenvalue weighted by atomic mass is 32.1. The third kappa shape index (κ3) is 9.41.